The molecule has 0 unspecified atom stereocenters. The van der Waals surface area contributed by atoms with E-state index in [0.717, 1.165) is 16.8 Å². The number of rotatable bonds is 8. The van der Waals surface area contributed by atoms with Crippen LogP contribution in [-0.4, -0.2) is 39.9 Å². The summed E-state index contributed by atoms with van der Waals surface area (Å²) in [6.07, 6.45) is 0.906. The molecule has 8 nitrogen and oxygen atoms in total. The number of methoxy groups -OCH3 is 1. The average molecular weight is 474 g/mol. The molecule has 1 heterocycles. The quantitative estimate of drug-likeness (QED) is 0.612. The molecule has 0 radical (unpaired) electrons. The molecule has 1 aliphatic rings. The summed E-state index contributed by atoms with van der Waals surface area (Å²) in [6.45, 7) is 7.75. The zero-order valence-corrected chi connectivity index (χ0v) is 20.5. The molecule has 0 saturated heterocycles. The second-order valence-electron chi connectivity index (χ2n) is 8.71. The van der Waals surface area contributed by atoms with Gasteiger partial charge in [-0.15, -0.1) is 0 Å². The number of aryl methyl sites for hydroxylation is 1. The highest BCUT2D eigenvalue weighted by Crippen LogP contribution is 2.30. The lowest BCUT2D eigenvalue weighted by Gasteiger charge is -2.21. The maximum absolute atomic E-state index is 13.2. The van der Waals surface area contributed by atoms with Crippen molar-refractivity contribution in [3.8, 4) is 5.75 Å². The predicted octanol–water partition coefficient (Wildman–Crippen LogP) is 3.24. The van der Waals surface area contributed by atoms with Gasteiger partial charge in [-0.2, -0.15) is 4.72 Å². The molecular formula is C24H31N3O5S. The number of nitrogens with one attached hydrogen (secondary N) is 2. The third kappa shape index (κ3) is 5.72. The van der Waals surface area contributed by atoms with Crippen LogP contribution < -0.4 is 19.7 Å². The van der Waals surface area contributed by atoms with E-state index in [2.05, 4.69) is 10.0 Å². The average Bonchev–Trinajstić information content (AvgIpc) is 3.16. The van der Waals surface area contributed by atoms with Crippen LogP contribution in [0.4, 0.5) is 11.4 Å². The summed E-state index contributed by atoms with van der Waals surface area (Å²) in [7, 11) is -2.46. The van der Waals surface area contributed by atoms with E-state index in [-0.39, 0.29) is 16.7 Å². The smallest absolute Gasteiger partial charge is 0.242 e. The second-order valence-corrected chi connectivity index (χ2v) is 10.4. The van der Waals surface area contributed by atoms with Crippen molar-refractivity contribution in [3.05, 3.63) is 47.5 Å². The molecule has 0 fully saturated rings. The number of carbonyl (C=O) groups is 2. The number of nitrogens with zero attached hydrogens (tertiary/aromatic N) is 1. The first kappa shape index (κ1) is 24.7. The highest BCUT2D eigenvalue weighted by Gasteiger charge is 2.29. The van der Waals surface area contributed by atoms with Gasteiger partial charge in [-0.3, -0.25) is 9.59 Å². The van der Waals surface area contributed by atoms with Crippen LogP contribution in [0.5, 0.6) is 5.75 Å². The van der Waals surface area contributed by atoms with E-state index in [9.17, 15) is 18.0 Å². The van der Waals surface area contributed by atoms with E-state index in [0.29, 0.717) is 30.8 Å². The predicted molar refractivity (Wildman–Crippen MR) is 128 cm³/mol. The normalized spacial score (nSPS) is 14.2. The van der Waals surface area contributed by atoms with Gasteiger partial charge < -0.3 is 15.0 Å². The molecule has 2 aromatic carbocycles. The Morgan fingerprint density at radius 2 is 1.88 bits per heavy atom. The first-order valence-electron chi connectivity index (χ1n) is 10.9. The number of amides is 2. The molecule has 1 aliphatic heterocycles. The molecule has 0 bridgehead atoms. The Morgan fingerprint density at radius 1 is 1.15 bits per heavy atom. The van der Waals surface area contributed by atoms with Crippen molar-refractivity contribution in [1.29, 1.82) is 0 Å². The van der Waals surface area contributed by atoms with Gasteiger partial charge in [-0.05, 0) is 67.1 Å². The first-order valence-corrected chi connectivity index (χ1v) is 12.4. The maximum atomic E-state index is 13.2. The molecule has 3 rings (SSSR count). The Hall–Kier alpha value is -2.91. The summed E-state index contributed by atoms with van der Waals surface area (Å²) in [6, 6.07) is 9.12. The Bertz CT molecular complexity index is 1160. The van der Waals surface area contributed by atoms with Gasteiger partial charge in [-0.1, -0.05) is 19.9 Å². The molecule has 0 aliphatic carbocycles. The van der Waals surface area contributed by atoms with Crippen molar-refractivity contribution >= 4 is 33.2 Å². The fourth-order valence-corrected chi connectivity index (χ4v) is 5.21. The zero-order valence-electron chi connectivity index (χ0n) is 19.6. The van der Waals surface area contributed by atoms with E-state index < -0.39 is 22.0 Å². The van der Waals surface area contributed by atoms with E-state index in [1.807, 2.05) is 26.8 Å². The summed E-state index contributed by atoms with van der Waals surface area (Å²) >= 11 is 0. The van der Waals surface area contributed by atoms with E-state index in [1.54, 1.807) is 29.2 Å². The van der Waals surface area contributed by atoms with Gasteiger partial charge in [0.15, 0.2) is 0 Å². The van der Waals surface area contributed by atoms with Crippen LogP contribution in [-0.2, 0) is 26.0 Å². The third-order valence-corrected chi connectivity index (χ3v) is 7.04. The Morgan fingerprint density at radius 3 is 2.52 bits per heavy atom. The standard InChI is InChI=1S/C24H31N3O5S/c1-15(2)12-21(24(29)25-20-13-16(3)6-9-23(20)32-5)26-33(30,31)19-7-8-22-18(14-19)10-11-27(22)17(4)28/h6-9,13-15,21,26H,10-12H2,1-5H3,(H,25,29)/t21-/m0/s1. The zero-order chi connectivity index (χ0) is 24.3. The minimum absolute atomic E-state index is 0.0707. The summed E-state index contributed by atoms with van der Waals surface area (Å²) in [5.74, 6) is 0.0311. The number of anilines is 2. The van der Waals surface area contributed by atoms with Crippen molar-refractivity contribution in [1.82, 2.24) is 4.72 Å². The second kappa shape index (κ2) is 9.93. The minimum atomic E-state index is -3.97. The highest BCUT2D eigenvalue weighted by molar-refractivity contribution is 7.89. The lowest BCUT2D eigenvalue weighted by molar-refractivity contribution is -0.118. The molecule has 33 heavy (non-hydrogen) atoms. The first-order chi connectivity index (χ1) is 15.5. The lowest BCUT2D eigenvalue weighted by Crippen LogP contribution is -2.44. The molecule has 1 atom stereocenters. The van der Waals surface area contributed by atoms with Gasteiger partial charge in [0.1, 0.15) is 11.8 Å². The van der Waals surface area contributed by atoms with Crippen LogP contribution in [0.1, 0.15) is 38.3 Å². The van der Waals surface area contributed by atoms with Crippen molar-refractivity contribution < 1.29 is 22.7 Å². The SMILES string of the molecule is COc1ccc(C)cc1NC(=O)[C@H](CC(C)C)NS(=O)(=O)c1ccc2c(c1)CCN2C(C)=O. The van der Waals surface area contributed by atoms with Crippen LogP contribution >= 0.6 is 0 Å². The van der Waals surface area contributed by atoms with Crippen molar-refractivity contribution in [2.45, 2.75) is 51.5 Å². The van der Waals surface area contributed by atoms with Crippen LogP contribution in [0.2, 0.25) is 0 Å². The number of ether oxygens (including phenoxy) is 1. The molecule has 0 spiro atoms. The summed E-state index contributed by atoms with van der Waals surface area (Å²) in [5, 5.41) is 2.81. The summed E-state index contributed by atoms with van der Waals surface area (Å²) < 4.78 is 34.3. The largest absolute Gasteiger partial charge is 0.495 e. The Labute approximate surface area is 195 Å². The molecule has 0 saturated carbocycles. The van der Waals surface area contributed by atoms with Gasteiger partial charge in [0.25, 0.3) is 0 Å². The fourth-order valence-electron chi connectivity index (χ4n) is 3.95. The van der Waals surface area contributed by atoms with Crippen LogP contribution in [0, 0.1) is 12.8 Å². The molecular weight excluding hydrogens is 442 g/mol. The Kier molecular flexibility index (Phi) is 7.44. The van der Waals surface area contributed by atoms with E-state index in [1.165, 1.54) is 20.1 Å². The molecule has 2 N–H and O–H groups in total. The van der Waals surface area contributed by atoms with Gasteiger partial charge in [-0.25, -0.2) is 8.42 Å². The van der Waals surface area contributed by atoms with Crippen LogP contribution in [0.3, 0.4) is 0 Å². The van der Waals surface area contributed by atoms with Gasteiger partial charge in [0, 0.05) is 19.2 Å². The van der Waals surface area contributed by atoms with Crippen molar-refractivity contribution in [2.75, 3.05) is 23.9 Å². The minimum Gasteiger partial charge on any atom is -0.495 e. The maximum Gasteiger partial charge on any atom is 0.242 e. The number of carbonyl (C=O) groups excluding carboxylic acids is 2. The summed E-state index contributed by atoms with van der Waals surface area (Å²) in [5.41, 5.74) is 2.94. The Balaban J connectivity index is 1.85. The fraction of sp³-hybridized carbons (Fsp3) is 0.417. The molecule has 2 amide bonds. The number of hydrogen-bond donors (Lipinski definition) is 2. The lowest BCUT2D eigenvalue weighted by atomic mass is 10.0. The topological polar surface area (TPSA) is 105 Å². The monoisotopic (exact) mass is 473 g/mol. The van der Waals surface area contributed by atoms with E-state index in [4.69, 9.17) is 4.74 Å². The molecule has 178 valence electrons. The molecule has 0 aromatic heterocycles. The highest BCUT2D eigenvalue weighted by atomic mass is 32.2. The van der Waals surface area contributed by atoms with Crippen molar-refractivity contribution in [3.63, 3.8) is 0 Å². The van der Waals surface area contributed by atoms with Gasteiger partial charge >= 0.3 is 0 Å². The number of benzene rings is 2. The van der Waals surface area contributed by atoms with Gasteiger partial charge in [0.05, 0.1) is 17.7 Å². The molecule has 2 aromatic rings. The number of hydrogen-bond acceptors (Lipinski definition) is 5. The van der Waals surface area contributed by atoms with Crippen molar-refractivity contribution in [2.24, 2.45) is 5.92 Å². The number of fused-ring (bicyclic) bond motifs is 1. The van der Waals surface area contributed by atoms with Crippen LogP contribution in [0.25, 0.3) is 0 Å². The van der Waals surface area contributed by atoms with Crippen LogP contribution in [0.15, 0.2) is 41.3 Å². The van der Waals surface area contributed by atoms with E-state index >= 15 is 0 Å². The molecule has 9 heteroatoms. The summed E-state index contributed by atoms with van der Waals surface area (Å²) in [4.78, 5) is 26.6. The third-order valence-electron chi connectivity index (χ3n) is 5.57. The van der Waals surface area contributed by atoms with Gasteiger partial charge in [0.2, 0.25) is 21.8 Å². The number of sulfonamides is 1.